The first-order valence-corrected chi connectivity index (χ1v) is 7.63. The molecule has 0 aromatic heterocycles. The summed E-state index contributed by atoms with van der Waals surface area (Å²) < 4.78 is 11.7. The van der Waals surface area contributed by atoms with E-state index < -0.39 is 5.60 Å². The van der Waals surface area contributed by atoms with Crippen molar-refractivity contribution in [1.29, 1.82) is 0 Å². The standard InChI is InChI=1S/C15H22BrNO3/c1-17(11-15(18)5-7-20-8-6-15)10-12-9-13(16)3-4-14(12)19-2/h3-4,9,18H,5-8,10-11H2,1-2H3. The molecule has 0 radical (unpaired) electrons. The molecule has 1 N–H and O–H groups in total. The Kier molecular flexibility index (Phi) is 5.43. The fourth-order valence-corrected chi connectivity index (χ4v) is 3.04. The van der Waals surface area contributed by atoms with E-state index in [1.165, 1.54) is 0 Å². The molecular weight excluding hydrogens is 322 g/mol. The molecule has 0 unspecified atom stereocenters. The maximum absolute atomic E-state index is 10.5. The Labute approximate surface area is 128 Å². The Morgan fingerprint density at radius 2 is 2.10 bits per heavy atom. The Bertz CT molecular complexity index is 447. The number of hydrogen-bond acceptors (Lipinski definition) is 4. The van der Waals surface area contributed by atoms with Gasteiger partial charge in [0.25, 0.3) is 0 Å². The lowest BCUT2D eigenvalue weighted by Crippen LogP contribution is -2.45. The minimum absolute atomic E-state index is 0.633. The normalized spacial score (nSPS) is 18.2. The first-order valence-electron chi connectivity index (χ1n) is 6.83. The lowest BCUT2D eigenvalue weighted by molar-refractivity contribution is -0.0777. The van der Waals surface area contributed by atoms with Crippen LogP contribution >= 0.6 is 15.9 Å². The molecule has 5 heteroatoms. The van der Waals surface area contributed by atoms with E-state index in [2.05, 4.69) is 26.9 Å². The van der Waals surface area contributed by atoms with Gasteiger partial charge in [0.2, 0.25) is 0 Å². The second-order valence-electron chi connectivity index (χ2n) is 5.47. The van der Waals surface area contributed by atoms with Crippen LogP contribution in [0.15, 0.2) is 22.7 Å². The van der Waals surface area contributed by atoms with Gasteiger partial charge < -0.3 is 14.6 Å². The van der Waals surface area contributed by atoms with Crippen LogP contribution in [-0.2, 0) is 11.3 Å². The highest BCUT2D eigenvalue weighted by atomic mass is 79.9. The van der Waals surface area contributed by atoms with E-state index >= 15 is 0 Å². The van der Waals surface area contributed by atoms with Gasteiger partial charge in [-0.3, -0.25) is 4.90 Å². The molecule has 0 atom stereocenters. The quantitative estimate of drug-likeness (QED) is 0.891. The van der Waals surface area contributed by atoms with Crippen LogP contribution in [0.5, 0.6) is 5.75 Å². The Morgan fingerprint density at radius 1 is 1.40 bits per heavy atom. The number of rotatable bonds is 5. The fraction of sp³-hybridized carbons (Fsp3) is 0.600. The molecular formula is C15H22BrNO3. The highest BCUT2D eigenvalue weighted by Gasteiger charge is 2.31. The molecule has 20 heavy (non-hydrogen) atoms. The van der Waals surface area contributed by atoms with Crippen molar-refractivity contribution in [3.05, 3.63) is 28.2 Å². The first kappa shape index (κ1) is 15.8. The molecule has 112 valence electrons. The van der Waals surface area contributed by atoms with Gasteiger partial charge in [0.1, 0.15) is 5.75 Å². The maximum Gasteiger partial charge on any atom is 0.123 e. The van der Waals surface area contributed by atoms with E-state index in [1.54, 1.807) is 7.11 Å². The van der Waals surface area contributed by atoms with Crippen molar-refractivity contribution in [3.8, 4) is 5.75 Å². The third-order valence-electron chi connectivity index (χ3n) is 3.67. The van der Waals surface area contributed by atoms with Gasteiger partial charge in [-0.1, -0.05) is 15.9 Å². The van der Waals surface area contributed by atoms with Crippen molar-refractivity contribution < 1.29 is 14.6 Å². The van der Waals surface area contributed by atoms with E-state index in [-0.39, 0.29) is 0 Å². The van der Waals surface area contributed by atoms with Crippen LogP contribution in [0, 0.1) is 0 Å². The second kappa shape index (κ2) is 6.89. The Balaban J connectivity index is 2.00. The summed E-state index contributed by atoms with van der Waals surface area (Å²) in [5, 5.41) is 10.5. The van der Waals surface area contributed by atoms with Crippen molar-refractivity contribution in [1.82, 2.24) is 4.90 Å². The summed E-state index contributed by atoms with van der Waals surface area (Å²) in [6.07, 6.45) is 1.40. The van der Waals surface area contributed by atoms with Crippen molar-refractivity contribution in [2.24, 2.45) is 0 Å². The topological polar surface area (TPSA) is 41.9 Å². The largest absolute Gasteiger partial charge is 0.496 e. The third-order valence-corrected chi connectivity index (χ3v) is 4.16. The van der Waals surface area contributed by atoms with E-state index in [1.807, 2.05) is 19.2 Å². The Hall–Kier alpha value is -0.620. The van der Waals surface area contributed by atoms with Crippen LogP contribution in [0.1, 0.15) is 18.4 Å². The van der Waals surface area contributed by atoms with Gasteiger partial charge >= 0.3 is 0 Å². The lowest BCUT2D eigenvalue weighted by atomic mass is 9.94. The number of aliphatic hydroxyl groups is 1. The van der Waals surface area contributed by atoms with E-state index in [0.29, 0.717) is 32.6 Å². The summed E-state index contributed by atoms with van der Waals surface area (Å²) in [6.45, 7) is 2.67. The second-order valence-corrected chi connectivity index (χ2v) is 6.38. The van der Waals surface area contributed by atoms with Crippen LogP contribution in [-0.4, -0.2) is 49.5 Å². The highest BCUT2D eigenvalue weighted by Crippen LogP contribution is 2.26. The van der Waals surface area contributed by atoms with Crippen LogP contribution in [0.3, 0.4) is 0 Å². The third kappa shape index (κ3) is 4.19. The molecule has 0 spiro atoms. The molecule has 0 amide bonds. The van der Waals surface area contributed by atoms with Crippen LogP contribution < -0.4 is 4.74 Å². The molecule has 1 saturated heterocycles. The Morgan fingerprint density at radius 3 is 2.75 bits per heavy atom. The molecule has 1 heterocycles. The molecule has 1 aromatic carbocycles. The number of methoxy groups -OCH3 is 1. The smallest absolute Gasteiger partial charge is 0.123 e. The molecule has 2 rings (SSSR count). The summed E-state index contributed by atoms with van der Waals surface area (Å²) in [5.41, 5.74) is 0.478. The van der Waals surface area contributed by atoms with Crippen molar-refractivity contribution >= 4 is 15.9 Å². The van der Waals surface area contributed by atoms with E-state index in [0.717, 1.165) is 22.3 Å². The zero-order chi connectivity index (χ0) is 14.6. The molecule has 4 nitrogen and oxygen atoms in total. The van der Waals surface area contributed by atoms with Crippen molar-refractivity contribution in [2.75, 3.05) is 33.9 Å². The SMILES string of the molecule is COc1ccc(Br)cc1CN(C)CC1(O)CCOCC1. The lowest BCUT2D eigenvalue weighted by Gasteiger charge is -2.35. The number of benzene rings is 1. The predicted octanol–water partition coefficient (Wildman–Crippen LogP) is 2.43. The average Bonchev–Trinajstić information content (AvgIpc) is 2.39. The monoisotopic (exact) mass is 343 g/mol. The molecule has 0 aliphatic carbocycles. The van der Waals surface area contributed by atoms with Crippen molar-refractivity contribution in [3.63, 3.8) is 0 Å². The fourth-order valence-electron chi connectivity index (χ4n) is 2.63. The van der Waals surface area contributed by atoms with E-state index in [9.17, 15) is 5.11 Å². The summed E-state index contributed by atoms with van der Waals surface area (Å²) in [6, 6.07) is 5.98. The summed E-state index contributed by atoms with van der Waals surface area (Å²) in [7, 11) is 3.70. The molecule has 1 aliphatic rings. The molecule has 0 bridgehead atoms. The number of likely N-dealkylation sites (N-methyl/N-ethyl adjacent to an activating group) is 1. The molecule has 0 saturated carbocycles. The van der Waals surface area contributed by atoms with Gasteiger partial charge in [0.15, 0.2) is 0 Å². The van der Waals surface area contributed by atoms with Gasteiger partial charge in [0, 0.05) is 49.2 Å². The number of hydrogen-bond donors (Lipinski definition) is 1. The molecule has 1 fully saturated rings. The maximum atomic E-state index is 10.5. The minimum Gasteiger partial charge on any atom is -0.496 e. The zero-order valence-corrected chi connectivity index (χ0v) is 13.6. The first-order chi connectivity index (χ1) is 9.52. The highest BCUT2D eigenvalue weighted by molar-refractivity contribution is 9.10. The predicted molar refractivity (Wildman–Crippen MR) is 82.0 cm³/mol. The molecule has 1 aliphatic heterocycles. The van der Waals surface area contributed by atoms with Crippen LogP contribution in [0.2, 0.25) is 0 Å². The van der Waals surface area contributed by atoms with Gasteiger partial charge in [-0.15, -0.1) is 0 Å². The number of nitrogens with zero attached hydrogens (tertiary/aromatic N) is 1. The minimum atomic E-state index is -0.633. The van der Waals surface area contributed by atoms with Gasteiger partial charge in [-0.2, -0.15) is 0 Å². The van der Waals surface area contributed by atoms with Crippen LogP contribution in [0.25, 0.3) is 0 Å². The average molecular weight is 344 g/mol. The van der Waals surface area contributed by atoms with Gasteiger partial charge in [-0.25, -0.2) is 0 Å². The van der Waals surface area contributed by atoms with E-state index in [4.69, 9.17) is 9.47 Å². The summed E-state index contributed by atoms with van der Waals surface area (Å²) in [5.74, 6) is 0.874. The summed E-state index contributed by atoms with van der Waals surface area (Å²) in [4.78, 5) is 2.13. The number of halogens is 1. The summed E-state index contributed by atoms with van der Waals surface area (Å²) >= 11 is 3.48. The molecule has 1 aromatic rings. The number of ether oxygens (including phenoxy) is 2. The van der Waals surface area contributed by atoms with Crippen molar-refractivity contribution in [2.45, 2.75) is 25.0 Å². The van der Waals surface area contributed by atoms with Gasteiger partial charge in [-0.05, 0) is 25.2 Å². The van der Waals surface area contributed by atoms with Gasteiger partial charge in [0.05, 0.1) is 12.7 Å². The van der Waals surface area contributed by atoms with Crippen LogP contribution in [0.4, 0.5) is 0 Å². The zero-order valence-electron chi connectivity index (χ0n) is 12.1.